The summed E-state index contributed by atoms with van der Waals surface area (Å²) in [4.78, 5) is 37.4. The Kier molecular flexibility index (Phi) is 7.72. The number of benzene rings is 2. The van der Waals surface area contributed by atoms with Crippen molar-refractivity contribution >= 4 is 29.6 Å². The molecular weight excluding hydrogens is 436 g/mol. The molecule has 1 aliphatic heterocycles. The first-order valence-corrected chi connectivity index (χ1v) is 10.3. The number of nitrogens with one attached hydrogen (secondary N) is 2. The lowest BCUT2D eigenvalue weighted by Crippen LogP contribution is -2.47. The Balaban J connectivity index is 1.84. The van der Waals surface area contributed by atoms with Gasteiger partial charge in [-0.3, -0.25) is 4.79 Å². The maximum Gasteiger partial charge on any atom is 0.338 e. The lowest BCUT2D eigenvalue weighted by atomic mass is 9.95. The Hall–Kier alpha value is -3.52. The van der Waals surface area contributed by atoms with Gasteiger partial charge in [0.05, 0.1) is 37.4 Å². The summed E-state index contributed by atoms with van der Waals surface area (Å²) in [6.07, 6.45) is -0.0289. The second-order valence-electron chi connectivity index (χ2n) is 6.85. The van der Waals surface area contributed by atoms with Crippen LogP contribution >= 0.6 is 11.6 Å². The molecule has 0 radical (unpaired) electrons. The van der Waals surface area contributed by atoms with Gasteiger partial charge in [-0.05, 0) is 30.7 Å². The Morgan fingerprint density at radius 2 is 1.78 bits per heavy atom. The number of hydrogen-bond acceptors (Lipinski definition) is 6. The van der Waals surface area contributed by atoms with Crippen molar-refractivity contribution in [3.05, 3.63) is 76.0 Å². The van der Waals surface area contributed by atoms with Crippen LogP contribution in [-0.2, 0) is 25.5 Å². The monoisotopic (exact) mass is 458 g/mol. The van der Waals surface area contributed by atoms with Crippen molar-refractivity contribution < 1.29 is 28.6 Å². The van der Waals surface area contributed by atoms with Crippen molar-refractivity contribution in [2.75, 3.05) is 20.3 Å². The standard InChI is InChI=1S/C23H23ClN2O6/c1-3-31-22(28)20-17(13-32-19(27)12-15-6-4-5-7-18(15)30-2)25-23(29)26-21(20)14-8-10-16(24)11-9-14/h4-11,21H,3,12-13H2,1-2H3,(H2,25,26,29). The van der Waals surface area contributed by atoms with Gasteiger partial charge in [-0.2, -0.15) is 0 Å². The Bertz CT molecular complexity index is 1040. The zero-order valence-corrected chi connectivity index (χ0v) is 18.4. The average molecular weight is 459 g/mol. The summed E-state index contributed by atoms with van der Waals surface area (Å²) < 4.78 is 15.8. The normalized spacial score (nSPS) is 15.5. The van der Waals surface area contributed by atoms with Crippen molar-refractivity contribution in [3.8, 4) is 5.75 Å². The van der Waals surface area contributed by atoms with Crippen molar-refractivity contribution in [3.63, 3.8) is 0 Å². The minimum absolute atomic E-state index is 0.0289. The fourth-order valence-corrected chi connectivity index (χ4v) is 3.42. The quantitative estimate of drug-likeness (QED) is 0.588. The van der Waals surface area contributed by atoms with E-state index in [4.69, 9.17) is 25.8 Å². The van der Waals surface area contributed by atoms with Crippen LogP contribution in [0.5, 0.6) is 5.75 Å². The third-order valence-electron chi connectivity index (χ3n) is 4.76. The van der Waals surface area contributed by atoms with Gasteiger partial charge < -0.3 is 24.8 Å². The van der Waals surface area contributed by atoms with Gasteiger partial charge in [0, 0.05) is 10.6 Å². The van der Waals surface area contributed by atoms with Crippen molar-refractivity contribution in [2.45, 2.75) is 19.4 Å². The number of carbonyl (C=O) groups excluding carboxylic acids is 3. The molecule has 3 rings (SSSR count). The number of ether oxygens (including phenoxy) is 3. The molecule has 0 bridgehead atoms. The Morgan fingerprint density at radius 1 is 1.06 bits per heavy atom. The van der Waals surface area contributed by atoms with E-state index in [1.54, 1.807) is 55.5 Å². The summed E-state index contributed by atoms with van der Waals surface area (Å²) in [7, 11) is 1.52. The van der Waals surface area contributed by atoms with E-state index in [0.29, 0.717) is 21.9 Å². The van der Waals surface area contributed by atoms with Gasteiger partial charge in [0.2, 0.25) is 0 Å². The Labute approximate surface area is 190 Å². The molecule has 32 heavy (non-hydrogen) atoms. The van der Waals surface area contributed by atoms with Gasteiger partial charge in [-0.15, -0.1) is 0 Å². The van der Waals surface area contributed by atoms with E-state index in [1.807, 2.05) is 0 Å². The molecule has 0 aromatic heterocycles. The van der Waals surface area contributed by atoms with Crippen LogP contribution in [0.4, 0.5) is 4.79 Å². The molecule has 0 saturated carbocycles. The number of halogens is 1. The average Bonchev–Trinajstić information content (AvgIpc) is 2.78. The molecular formula is C23H23ClN2O6. The molecule has 1 heterocycles. The van der Waals surface area contributed by atoms with Crippen LogP contribution in [0.3, 0.4) is 0 Å². The first-order chi connectivity index (χ1) is 15.4. The molecule has 2 N–H and O–H groups in total. The minimum atomic E-state index is -0.789. The molecule has 1 atom stereocenters. The van der Waals surface area contributed by atoms with Crippen LogP contribution in [0.15, 0.2) is 59.8 Å². The number of esters is 2. The molecule has 2 amide bonds. The highest BCUT2D eigenvalue weighted by atomic mass is 35.5. The smallest absolute Gasteiger partial charge is 0.338 e. The van der Waals surface area contributed by atoms with Crippen molar-refractivity contribution in [1.82, 2.24) is 10.6 Å². The van der Waals surface area contributed by atoms with E-state index < -0.39 is 24.0 Å². The summed E-state index contributed by atoms with van der Waals surface area (Å²) in [5.41, 5.74) is 1.59. The highest BCUT2D eigenvalue weighted by Crippen LogP contribution is 2.29. The zero-order chi connectivity index (χ0) is 23.1. The molecule has 168 valence electrons. The maximum absolute atomic E-state index is 12.7. The first kappa shape index (κ1) is 23.1. The van der Waals surface area contributed by atoms with Crippen molar-refractivity contribution in [1.29, 1.82) is 0 Å². The predicted molar refractivity (Wildman–Crippen MR) is 117 cm³/mol. The molecule has 1 unspecified atom stereocenters. The fourth-order valence-electron chi connectivity index (χ4n) is 3.30. The molecule has 2 aromatic carbocycles. The van der Waals surface area contributed by atoms with Gasteiger partial charge in [-0.25, -0.2) is 9.59 Å². The second-order valence-corrected chi connectivity index (χ2v) is 7.28. The largest absolute Gasteiger partial charge is 0.496 e. The number of carbonyl (C=O) groups is 3. The van der Waals surface area contributed by atoms with Gasteiger partial charge in [-0.1, -0.05) is 41.9 Å². The number of hydrogen-bond donors (Lipinski definition) is 2. The summed E-state index contributed by atoms with van der Waals surface area (Å²) >= 11 is 5.96. The van der Waals surface area contributed by atoms with Crippen LogP contribution in [0.2, 0.25) is 5.02 Å². The molecule has 0 aliphatic carbocycles. The lowest BCUT2D eigenvalue weighted by Gasteiger charge is -2.29. The van der Waals surface area contributed by atoms with E-state index in [0.717, 1.165) is 0 Å². The van der Waals surface area contributed by atoms with Gasteiger partial charge in [0.15, 0.2) is 0 Å². The molecule has 0 fully saturated rings. The van der Waals surface area contributed by atoms with Crippen LogP contribution < -0.4 is 15.4 Å². The summed E-state index contributed by atoms with van der Waals surface area (Å²) in [6, 6.07) is 12.5. The van der Waals surface area contributed by atoms with Gasteiger partial charge in [0.25, 0.3) is 0 Å². The summed E-state index contributed by atoms with van der Waals surface area (Å²) in [5.74, 6) is -0.606. The van der Waals surface area contributed by atoms with E-state index in [1.165, 1.54) is 7.11 Å². The second kappa shape index (κ2) is 10.7. The number of para-hydroxylation sites is 1. The Morgan fingerprint density at radius 3 is 2.47 bits per heavy atom. The molecule has 1 aliphatic rings. The summed E-state index contributed by atoms with van der Waals surface area (Å²) in [5, 5.41) is 5.78. The van der Waals surface area contributed by atoms with Crippen LogP contribution in [0.1, 0.15) is 24.1 Å². The third-order valence-corrected chi connectivity index (χ3v) is 5.01. The van der Waals surface area contributed by atoms with Gasteiger partial charge >= 0.3 is 18.0 Å². The highest BCUT2D eigenvalue weighted by molar-refractivity contribution is 6.30. The van der Waals surface area contributed by atoms with E-state index in [9.17, 15) is 14.4 Å². The minimum Gasteiger partial charge on any atom is -0.496 e. The first-order valence-electron chi connectivity index (χ1n) is 9.93. The number of methoxy groups -OCH3 is 1. The number of urea groups is 1. The zero-order valence-electron chi connectivity index (χ0n) is 17.6. The maximum atomic E-state index is 12.7. The molecule has 0 saturated heterocycles. The van der Waals surface area contributed by atoms with E-state index in [2.05, 4.69) is 10.6 Å². The SMILES string of the molecule is CCOC(=O)C1=C(COC(=O)Cc2ccccc2OC)NC(=O)NC1c1ccc(Cl)cc1. The molecule has 9 heteroatoms. The topological polar surface area (TPSA) is 103 Å². The number of rotatable bonds is 8. The third kappa shape index (κ3) is 5.59. The highest BCUT2D eigenvalue weighted by Gasteiger charge is 2.34. The van der Waals surface area contributed by atoms with Crippen LogP contribution in [0, 0.1) is 0 Å². The predicted octanol–water partition coefficient (Wildman–Crippen LogP) is 3.31. The molecule has 2 aromatic rings. The van der Waals surface area contributed by atoms with Crippen LogP contribution in [0.25, 0.3) is 0 Å². The van der Waals surface area contributed by atoms with Gasteiger partial charge in [0.1, 0.15) is 12.4 Å². The summed E-state index contributed by atoms with van der Waals surface area (Å²) in [6.45, 7) is 1.52. The molecule has 8 nitrogen and oxygen atoms in total. The van der Waals surface area contributed by atoms with Crippen molar-refractivity contribution in [2.24, 2.45) is 0 Å². The molecule has 0 spiro atoms. The lowest BCUT2D eigenvalue weighted by molar-refractivity contribution is -0.143. The fraction of sp³-hybridized carbons (Fsp3) is 0.261. The van der Waals surface area contributed by atoms with E-state index in [-0.39, 0.29) is 30.9 Å². The van der Waals surface area contributed by atoms with Crippen LogP contribution in [-0.4, -0.2) is 38.3 Å². The number of amides is 2. The van der Waals surface area contributed by atoms with E-state index >= 15 is 0 Å².